The van der Waals surface area contributed by atoms with Crippen LogP contribution in [-0.4, -0.2) is 26.0 Å². The Balaban J connectivity index is 3.10. The summed E-state index contributed by atoms with van der Waals surface area (Å²) in [7, 11) is -3.50. The van der Waals surface area contributed by atoms with Crippen LogP contribution in [0.4, 0.5) is 0 Å². The number of hydrogen-bond donors (Lipinski definition) is 2. The maximum Gasteiger partial charge on any atom is 0.240 e. The van der Waals surface area contributed by atoms with Gasteiger partial charge < -0.3 is 5.73 Å². The Hall–Kier alpha value is -0.560. The van der Waals surface area contributed by atoms with Crippen LogP contribution in [0.1, 0.15) is 30.5 Å². The van der Waals surface area contributed by atoms with Crippen LogP contribution in [0.5, 0.6) is 0 Å². The van der Waals surface area contributed by atoms with E-state index in [1.54, 1.807) is 17.8 Å². The fourth-order valence-electron chi connectivity index (χ4n) is 1.80. The van der Waals surface area contributed by atoms with Crippen LogP contribution in [0.15, 0.2) is 17.0 Å². The Morgan fingerprint density at radius 3 is 2.35 bits per heavy atom. The summed E-state index contributed by atoms with van der Waals surface area (Å²) in [6.07, 6.45) is 1.97. The first-order valence-corrected chi connectivity index (χ1v) is 9.19. The van der Waals surface area contributed by atoms with Crippen LogP contribution in [0.3, 0.4) is 0 Å². The van der Waals surface area contributed by atoms with Crippen LogP contribution in [0.2, 0.25) is 0 Å². The van der Waals surface area contributed by atoms with Crippen LogP contribution >= 0.6 is 11.8 Å². The molecule has 20 heavy (non-hydrogen) atoms. The van der Waals surface area contributed by atoms with Gasteiger partial charge in [-0.15, -0.1) is 0 Å². The summed E-state index contributed by atoms with van der Waals surface area (Å²) in [4.78, 5) is 0.320. The number of benzene rings is 1. The number of nitrogens with two attached hydrogens (primary N) is 1. The third-order valence-corrected chi connectivity index (χ3v) is 6.18. The highest BCUT2D eigenvalue weighted by atomic mass is 32.2. The van der Waals surface area contributed by atoms with Gasteiger partial charge in [0.15, 0.2) is 0 Å². The molecule has 1 aromatic rings. The zero-order valence-corrected chi connectivity index (χ0v) is 14.4. The molecule has 0 atom stereocenters. The van der Waals surface area contributed by atoms with Gasteiger partial charge in [0.05, 0.1) is 4.90 Å². The van der Waals surface area contributed by atoms with Crippen LogP contribution in [-0.2, 0) is 16.6 Å². The van der Waals surface area contributed by atoms with Crippen molar-refractivity contribution in [3.63, 3.8) is 0 Å². The summed E-state index contributed by atoms with van der Waals surface area (Å²) in [5, 5.41) is 0. The predicted molar refractivity (Wildman–Crippen MR) is 86.6 cm³/mol. The van der Waals surface area contributed by atoms with Gasteiger partial charge in [0.1, 0.15) is 0 Å². The van der Waals surface area contributed by atoms with Gasteiger partial charge in [0, 0.05) is 17.8 Å². The topological polar surface area (TPSA) is 72.2 Å². The molecule has 0 heterocycles. The molecule has 0 aromatic heterocycles. The van der Waals surface area contributed by atoms with E-state index in [9.17, 15) is 8.42 Å². The average molecular weight is 316 g/mol. The quantitative estimate of drug-likeness (QED) is 0.844. The van der Waals surface area contributed by atoms with E-state index in [0.29, 0.717) is 18.0 Å². The van der Waals surface area contributed by atoms with Gasteiger partial charge in [-0.05, 0) is 56.7 Å². The Morgan fingerprint density at radius 1 is 1.25 bits per heavy atom. The highest BCUT2D eigenvalue weighted by molar-refractivity contribution is 8.00. The summed E-state index contributed by atoms with van der Waals surface area (Å²) in [6, 6.07) is 3.55. The van der Waals surface area contributed by atoms with Crippen molar-refractivity contribution in [1.82, 2.24) is 4.72 Å². The lowest BCUT2D eigenvalue weighted by Crippen LogP contribution is -2.36. The van der Waals surface area contributed by atoms with Crippen molar-refractivity contribution in [3.8, 4) is 0 Å². The molecule has 6 heteroatoms. The van der Waals surface area contributed by atoms with E-state index in [4.69, 9.17) is 5.73 Å². The first-order valence-electron chi connectivity index (χ1n) is 6.48. The van der Waals surface area contributed by atoms with Gasteiger partial charge in [0.2, 0.25) is 10.0 Å². The summed E-state index contributed by atoms with van der Waals surface area (Å²) >= 11 is 1.63. The second-order valence-corrected chi connectivity index (χ2v) is 8.79. The molecule has 0 spiro atoms. The molecule has 0 amide bonds. The highest BCUT2D eigenvalue weighted by Crippen LogP contribution is 2.23. The smallest absolute Gasteiger partial charge is 0.240 e. The fourth-order valence-corrected chi connectivity index (χ4v) is 3.60. The minimum Gasteiger partial charge on any atom is -0.326 e. The molecule has 1 aromatic carbocycles. The second kappa shape index (κ2) is 6.47. The largest absolute Gasteiger partial charge is 0.326 e. The average Bonchev–Trinajstić information content (AvgIpc) is 2.36. The van der Waals surface area contributed by atoms with Gasteiger partial charge in [-0.1, -0.05) is 6.07 Å². The number of thioether (sulfide) groups is 1. The first kappa shape index (κ1) is 17.5. The van der Waals surface area contributed by atoms with Crippen molar-refractivity contribution < 1.29 is 8.42 Å². The summed E-state index contributed by atoms with van der Waals surface area (Å²) < 4.78 is 27.4. The number of nitrogens with one attached hydrogen (secondary N) is 1. The van der Waals surface area contributed by atoms with Crippen molar-refractivity contribution in [1.29, 1.82) is 0 Å². The molecule has 0 aliphatic heterocycles. The Bertz CT molecular complexity index is 581. The first-order chi connectivity index (χ1) is 9.13. The maximum atomic E-state index is 12.4. The molecule has 114 valence electrons. The number of sulfonamides is 1. The van der Waals surface area contributed by atoms with Crippen molar-refractivity contribution in [2.24, 2.45) is 5.73 Å². The molecule has 0 radical (unpaired) electrons. The SMILES string of the molecule is CSC(C)(C)CNS(=O)(=O)c1cc(CN)c(C)cc1C. The summed E-state index contributed by atoms with van der Waals surface area (Å²) in [6.45, 7) is 8.49. The zero-order chi connectivity index (χ0) is 15.6. The number of aryl methyl sites for hydroxylation is 2. The predicted octanol–water partition coefficient (Wildman–Crippen LogP) is 2.18. The zero-order valence-electron chi connectivity index (χ0n) is 12.8. The highest BCUT2D eigenvalue weighted by Gasteiger charge is 2.23. The molecule has 0 saturated carbocycles. The molecule has 1 rings (SSSR count). The van der Waals surface area contributed by atoms with Crippen molar-refractivity contribution in [2.45, 2.75) is 43.9 Å². The van der Waals surface area contributed by atoms with E-state index in [1.165, 1.54) is 0 Å². The Kier molecular flexibility index (Phi) is 5.66. The molecule has 0 aliphatic rings. The molecule has 0 saturated heterocycles. The molecule has 4 nitrogen and oxygen atoms in total. The van der Waals surface area contributed by atoms with Gasteiger partial charge in [-0.25, -0.2) is 13.1 Å². The van der Waals surface area contributed by atoms with E-state index >= 15 is 0 Å². The molecule has 0 fully saturated rings. The second-order valence-electron chi connectivity index (χ2n) is 5.54. The lowest BCUT2D eigenvalue weighted by atomic mass is 10.1. The standard InChI is InChI=1S/C14H24N2O2S2/c1-10-6-11(2)13(7-12(10)8-15)20(17,18)16-9-14(3,4)19-5/h6-7,16H,8-9,15H2,1-5H3. The number of hydrogen-bond acceptors (Lipinski definition) is 4. The third kappa shape index (κ3) is 4.22. The Labute approximate surface area is 126 Å². The van der Waals surface area contributed by atoms with Crippen molar-refractivity contribution in [2.75, 3.05) is 12.8 Å². The molecular weight excluding hydrogens is 292 g/mol. The van der Waals surface area contributed by atoms with Crippen LogP contribution < -0.4 is 10.5 Å². The molecular formula is C14H24N2O2S2. The fraction of sp³-hybridized carbons (Fsp3) is 0.571. The van der Waals surface area contributed by atoms with Crippen molar-refractivity contribution >= 4 is 21.8 Å². The van der Waals surface area contributed by atoms with Gasteiger partial charge >= 0.3 is 0 Å². The van der Waals surface area contributed by atoms with Gasteiger partial charge in [0.25, 0.3) is 0 Å². The normalized spacial score (nSPS) is 12.7. The molecule has 3 N–H and O–H groups in total. The lowest BCUT2D eigenvalue weighted by molar-refractivity contribution is 0.570. The molecule has 0 unspecified atom stereocenters. The van der Waals surface area contributed by atoms with E-state index in [1.807, 2.05) is 40.0 Å². The van der Waals surface area contributed by atoms with E-state index in [2.05, 4.69) is 4.72 Å². The number of rotatable bonds is 6. The lowest BCUT2D eigenvalue weighted by Gasteiger charge is -2.22. The van der Waals surface area contributed by atoms with Crippen LogP contribution in [0, 0.1) is 13.8 Å². The molecule has 0 aliphatic carbocycles. The van der Waals surface area contributed by atoms with E-state index in [-0.39, 0.29) is 4.75 Å². The summed E-state index contributed by atoms with van der Waals surface area (Å²) in [5.41, 5.74) is 8.29. The van der Waals surface area contributed by atoms with E-state index < -0.39 is 10.0 Å². The minimum atomic E-state index is -3.50. The van der Waals surface area contributed by atoms with E-state index in [0.717, 1.165) is 16.7 Å². The van der Waals surface area contributed by atoms with Crippen molar-refractivity contribution in [3.05, 3.63) is 28.8 Å². The Morgan fingerprint density at radius 2 is 1.85 bits per heavy atom. The third-order valence-electron chi connectivity index (χ3n) is 3.38. The van der Waals surface area contributed by atoms with Crippen LogP contribution in [0.25, 0.3) is 0 Å². The van der Waals surface area contributed by atoms with Gasteiger partial charge in [-0.3, -0.25) is 0 Å². The molecule has 0 bridgehead atoms. The summed E-state index contributed by atoms with van der Waals surface area (Å²) in [5.74, 6) is 0. The maximum absolute atomic E-state index is 12.4. The minimum absolute atomic E-state index is 0.137. The monoisotopic (exact) mass is 316 g/mol. The van der Waals surface area contributed by atoms with Gasteiger partial charge in [-0.2, -0.15) is 11.8 Å².